The van der Waals surface area contributed by atoms with E-state index in [1.807, 2.05) is 11.1 Å². The van der Waals surface area contributed by atoms with Crippen molar-refractivity contribution in [2.24, 2.45) is 5.92 Å². The smallest absolute Gasteiger partial charge is 0.228 e. The summed E-state index contributed by atoms with van der Waals surface area (Å²) >= 11 is 0. The Bertz CT molecular complexity index is 555. The highest BCUT2D eigenvalue weighted by Gasteiger charge is 2.37. The van der Waals surface area contributed by atoms with Crippen molar-refractivity contribution in [2.75, 3.05) is 44.2 Å². The molecule has 1 amide bonds. The van der Waals surface area contributed by atoms with Crippen LogP contribution in [0.2, 0.25) is 0 Å². The van der Waals surface area contributed by atoms with Crippen LogP contribution in [0.25, 0.3) is 0 Å². The number of anilines is 1. The average Bonchev–Trinajstić information content (AvgIpc) is 2.53. The summed E-state index contributed by atoms with van der Waals surface area (Å²) in [6.45, 7) is 14.0. The maximum Gasteiger partial charge on any atom is 0.228 e. The predicted octanol–water partition coefficient (Wildman–Crippen LogP) is 2.19. The number of piperazine rings is 1. The maximum atomic E-state index is 12.6. The third-order valence-electron chi connectivity index (χ3n) is 5.34. The van der Waals surface area contributed by atoms with Gasteiger partial charge in [0.15, 0.2) is 0 Å². The Labute approximate surface area is 145 Å². The molecule has 5 nitrogen and oxygen atoms in total. The molecule has 2 aliphatic heterocycles. The average molecular weight is 330 g/mol. The van der Waals surface area contributed by atoms with E-state index < -0.39 is 0 Å². The maximum absolute atomic E-state index is 12.6. The quantitative estimate of drug-likeness (QED) is 0.848. The monoisotopic (exact) mass is 330 g/mol. The molecule has 2 saturated heterocycles. The number of hydrogen-bond acceptors (Lipinski definition) is 4. The summed E-state index contributed by atoms with van der Waals surface area (Å²) < 4.78 is 0. The minimum absolute atomic E-state index is 0.211. The summed E-state index contributed by atoms with van der Waals surface area (Å²) in [5.41, 5.74) is 1.27. The van der Waals surface area contributed by atoms with Crippen molar-refractivity contribution in [3.05, 3.63) is 23.9 Å². The normalized spacial score (nSPS) is 19.9. The van der Waals surface area contributed by atoms with Gasteiger partial charge in [0.1, 0.15) is 5.82 Å². The Morgan fingerprint density at radius 1 is 1.08 bits per heavy atom. The third-order valence-corrected chi connectivity index (χ3v) is 5.34. The molecule has 0 saturated carbocycles. The molecule has 2 fully saturated rings. The molecule has 1 aromatic heterocycles. The minimum atomic E-state index is 0.211. The molecule has 3 rings (SSSR count). The fourth-order valence-corrected chi connectivity index (χ4v) is 3.43. The molecule has 1 aromatic rings. The van der Waals surface area contributed by atoms with Crippen LogP contribution in [-0.4, -0.2) is 66.0 Å². The van der Waals surface area contributed by atoms with E-state index >= 15 is 0 Å². The summed E-state index contributed by atoms with van der Waals surface area (Å²) in [6.07, 6.45) is 1.98. The Balaban J connectivity index is 1.50. The second-order valence-corrected chi connectivity index (χ2v) is 7.66. The SMILES string of the molecule is CC(C)c1ccc(N2CCN(C(=O)C3CN(C(C)C)C3)CC2)nc1. The molecular weight excluding hydrogens is 300 g/mol. The van der Waals surface area contributed by atoms with Crippen molar-refractivity contribution in [2.45, 2.75) is 39.7 Å². The summed E-state index contributed by atoms with van der Waals surface area (Å²) in [5, 5.41) is 0. The second-order valence-electron chi connectivity index (χ2n) is 7.66. The number of carbonyl (C=O) groups is 1. The van der Waals surface area contributed by atoms with E-state index in [9.17, 15) is 4.79 Å². The van der Waals surface area contributed by atoms with E-state index in [4.69, 9.17) is 0 Å². The van der Waals surface area contributed by atoms with Crippen molar-refractivity contribution in [3.63, 3.8) is 0 Å². The van der Waals surface area contributed by atoms with Crippen LogP contribution in [0.1, 0.15) is 39.2 Å². The van der Waals surface area contributed by atoms with Gasteiger partial charge in [0.2, 0.25) is 5.91 Å². The van der Waals surface area contributed by atoms with Gasteiger partial charge in [-0.05, 0) is 31.4 Å². The molecule has 0 radical (unpaired) electrons. The molecule has 2 aliphatic rings. The fourth-order valence-electron chi connectivity index (χ4n) is 3.43. The van der Waals surface area contributed by atoms with Crippen molar-refractivity contribution >= 4 is 11.7 Å². The lowest BCUT2D eigenvalue weighted by atomic mass is 9.96. The standard InChI is InChI=1S/C19H30N4O/c1-14(2)16-5-6-18(20-11-16)21-7-9-22(10-8-21)19(24)17-12-23(13-17)15(3)4/h5-6,11,14-15,17H,7-10,12-13H2,1-4H3. The number of rotatable bonds is 4. The van der Waals surface area contributed by atoms with E-state index in [2.05, 4.69) is 54.6 Å². The van der Waals surface area contributed by atoms with Crippen LogP contribution in [0.3, 0.4) is 0 Å². The lowest BCUT2D eigenvalue weighted by Crippen LogP contribution is -2.59. The van der Waals surface area contributed by atoms with Gasteiger partial charge in [0, 0.05) is 51.5 Å². The van der Waals surface area contributed by atoms with E-state index in [1.165, 1.54) is 5.56 Å². The molecule has 0 bridgehead atoms. The van der Waals surface area contributed by atoms with Crippen LogP contribution >= 0.6 is 0 Å². The lowest BCUT2D eigenvalue weighted by molar-refractivity contribution is -0.142. The van der Waals surface area contributed by atoms with Gasteiger partial charge in [-0.1, -0.05) is 19.9 Å². The number of pyridine rings is 1. The van der Waals surface area contributed by atoms with Gasteiger partial charge in [-0.25, -0.2) is 4.98 Å². The minimum Gasteiger partial charge on any atom is -0.353 e. The summed E-state index contributed by atoms with van der Waals surface area (Å²) in [5.74, 6) is 2.09. The molecule has 0 unspecified atom stereocenters. The van der Waals surface area contributed by atoms with Crippen LogP contribution < -0.4 is 4.90 Å². The van der Waals surface area contributed by atoms with Gasteiger partial charge in [-0.2, -0.15) is 0 Å². The first-order valence-electron chi connectivity index (χ1n) is 9.19. The lowest BCUT2D eigenvalue weighted by Gasteiger charge is -2.44. The van der Waals surface area contributed by atoms with E-state index in [0.717, 1.165) is 45.1 Å². The molecule has 0 aromatic carbocycles. The zero-order valence-electron chi connectivity index (χ0n) is 15.4. The van der Waals surface area contributed by atoms with Crippen LogP contribution in [0, 0.1) is 5.92 Å². The molecular formula is C19H30N4O. The van der Waals surface area contributed by atoms with E-state index in [-0.39, 0.29) is 5.92 Å². The number of aromatic nitrogens is 1. The van der Waals surface area contributed by atoms with Crippen molar-refractivity contribution in [3.8, 4) is 0 Å². The Kier molecular flexibility index (Phi) is 5.09. The molecule has 24 heavy (non-hydrogen) atoms. The molecule has 3 heterocycles. The molecule has 0 spiro atoms. The number of carbonyl (C=O) groups excluding carboxylic acids is 1. The second kappa shape index (κ2) is 7.09. The fraction of sp³-hybridized carbons (Fsp3) is 0.684. The molecule has 0 N–H and O–H groups in total. The van der Waals surface area contributed by atoms with Gasteiger partial charge >= 0.3 is 0 Å². The molecule has 132 valence electrons. The Morgan fingerprint density at radius 2 is 1.75 bits per heavy atom. The van der Waals surface area contributed by atoms with E-state index in [1.54, 1.807) is 0 Å². The zero-order chi connectivity index (χ0) is 17.3. The summed E-state index contributed by atoms with van der Waals surface area (Å²) in [7, 11) is 0. The van der Waals surface area contributed by atoms with Crippen molar-refractivity contribution < 1.29 is 4.79 Å². The molecule has 0 aliphatic carbocycles. The van der Waals surface area contributed by atoms with Gasteiger partial charge in [0.25, 0.3) is 0 Å². The highest BCUT2D eigenvalue weighted by Crippen LogP contribution is 2.22. The van der Waals surface area contributed by atoms with Crippen LogP contribution in [0.5, 0.6) is 0 Å². The number of hydrogen-bond donors (Lipinski definition) is 0. The first-order valence-corrected chi connectivity index (χ1v) is 9.19. The van der Waals surface area contributed by atoms with Gasteiger partial charge in [-0.3, -0.25) is 9.69 Å². The number of amides is 1. The van der Waals surface area contributed by atoms with Gasteiger partial charge < -0.3 is 9.80 Å². The molecule has 0 atom stereocenters. The zero-order valence-corrected chi connectivity index (χ0v) is 15.4. The Hall–Kier alpha value is -1.62. The van der Waals surface area contributed by atoms with Gasteiger partial charge in [0.05, 0.1) is 5.92 Å². The summed E-state index contributed by atoms with van der Waals surface area (Å²) in [6, 6.07) is 4.82. The first kappa shape index (κ1) is 17.2. The number of nitrogens with zero attached hydrogens (tertiary/aromatic N) is 4. The highest BCUT2D eigenvalue weighted by molar-refractivity contribution is 5.80. The Morgan fingerprint density at radius 3 is 2.25 bits per heavy atom. The van der Waals surface area contributed by atoms with Crippen LogP contribution in [0.4, 0.5) is 5.82 Å². The highest BCUT2D eigenvalue weighted by atomic mass is 16.2. The number of likely N-dealkylation sites (tertiary alicyclic amines) is 1. The predicted molar refractivity (Wildman–Crippen MR) is 97.3 cm³/mol. The first-order chi connectivity index (χ1) is 11.5. The topological polar surface area (TPSA) is 39.7 Å². The van der Waals surface area contributed by atoms with Crippen molar-refractivity contribution in [1.82, 2.24) is 14.8 Å². The summed E-state index contributed by atoms with van der Waals surface area (Å²) in [4.78, 5) is 23.9. The molecule has 5 heteroatoms. The van der Waals surface area contributed by atoms with Crippen molar-refractivity contribution in [1.29, 1.82) is 0 Å². The van der Waals surface area contributed by atoms with Crippen LogP contribution in [-0.2, 0) is 4.79 Å². The largest absolute Gasteiger partial charge is 0.353 e. The third kappa shape index (κ3) is 3.56. The van der Waals surface area contributed by atoms with Gasteiger partial charge in [-0.15, -0.1) is 0 Å². The van der Waals surface area contributed by atoms with E-state index in [0.29, 0.717) is 17.9 Å². The van der Waals surface area contributed by atoms with Crippen LogP contribution in [0.15, 0.2) is 18.3 Å².